The molecule has 4 rings (SSSR count). The van der Waals surface area contributed by atoms with E-state index in [0.717, 1.165) is 34.0 Å². The minimum Gasteiger partial charge on any atom is -0.491 e. The van der Waals surface area contributed by atoms with Crippen molar-refractivity contribution in [3.05, 3.63) is 86.5 Å². The van der Waals surface area contributed by atoms with Gasteiger partial charge in [-0.05, 0) is 108 Å². The standard InChI is InChI=1S/C30H29F4IO2/c1-3-5-16-37-26-14-12-21(27(31)30(26)34)19-8-6-18(7-9-19)20-10-11-22(24(35)17-20)23-13-15-25(36-4-2)29(33)28(23)32/h8,10-15,17-18H,3-7,9,16H2,1-2H3. The zero-order chi connectivity index (χ0) is 26.5. The lowest BCUT2D eigenvalue weighted by Crippen LogP contribution is -2.07. The Morgan fingerprint density at radius 1 is 0.811 bits per heavy atom. The maximum atomic E-state index is 14.8. The first-order chi connectivity index (χ1) is 17.8. The average Bonchev–Trinajstić information content (AvgIpc) is 2.90. The predicted octanol–water partition coefficient (Wildman–Crippen LogP) is 9.44. The van der Waals surface area contributed by atoms with Gasteiger partial charge in [-0.3, -0.25) is 0 Å². The Kier molecular flexibility index (Phi) is 9.16. The second-order valence-corrected chi connectivity index (χ2v) is 10.2. The van der Waals surface area contributed by atoms with Crippen molar-refractivity contribution >= 4 is 28.2 Å². The van der Waals surface area contributed by atoms with Gasteiger partial charge in [0, 0.05) is 14.7 Å². The third-order valence-corrected chi connectivity index (χ3v) is 7.55. The SMILES string of the molecule is CCCCOc1ccc(C2=CCC(c3ccc(-c4ccc(OCC)c(F)c4F)c(I)c3)CC2)c(F)c1F. The van der Waals surface area contributed by atoms with Crippen LogP contribution in [0.2, 0.25) is 0 Å². The van der Waals surface area contributed by atoms with Gasteiger partial charge >= 0.3 is 0 Å². The summed E-state index contributed by atoms with van der Waals surface area (Å²) >= 11 is 2.14. The van der Waals surface area contributed by atoms with Gasteiger partial charge in [-0.15, -0.1) is 0 Å². The molecule has 196 valence electrons. The third-order valence-electron chi connectivity index (χ3n) is 6.66. The molecule has 1 atom stereocenters. The van der Waals surface area contributed by atoms with Crippen LogP contribution in [0.4, 0.5) is 17.6 Å². The summed E-state index contributed by atoms with van der Waals surface area (Å²) in [5.41, 5.74) is 2.92. The number of rotatable bonds is 9. The number of allylic oxidation sites excluding steroid dienone is 2. The van der Waals surface area contributed by atoms with E-state index >= 15 is 0 Å². The number of halogens is 5. The molecule has 1 aliphatic rings. The Hall–Kier alpha value is -2.55. The van der Waals surface area contributed by atoms with Gasteiger partial charge in [0.1, 0.15) is 0 Å². The Morgan fingerprint density at radius 3 is 2.08 bits per heavy atom. The molecule has 0 fully saturated rings. The van der Waals surface area contributed by atoms with E-state index in [9.17, 15) is 17.6 Å². The molecule has 0 heterocycles. The van der Waals surface area contributed by atoms with E-state index in [2.05, 4.69) is 22.6 Å². The van der Waals surface area contributed by atoms with E-state index in [1.165, 1.54) is 18.2 Å². The van der Waals surface area contributed by atoms with Crippen LogP contribution < -0.4 is 9.47 Å². The molecule has 3 aromatic carbocycles. The van der Waals surface area contributed by atoms with Gasteiger partial charge in [-0.1, -0.05) is 31.6 Å². The molecule has 0 amide bonds. The van der Waals surface area contributed by atoms with Crippen molar-refractivity contribution in [2.75, 3.05) is 13.2 Å². The Morgan fingerprint density at radius 2 is 1.46 bits per heavy atom. The van der Waals surface area contributed by atoms with Crippen LogP contribution >= 0.6 is 22.6 Å². The molecule has 0 N–H and O–H groups in total. The van der Waals surface area contributed by atoms with Crippen molar-refractivity contribution in [1.29, 1.82) is 0 Å². The third kappa shape index (κ3) is 5.97. The molecular weight excluding hydrogens is 595 g/mol. The number of benzene rings is 3. The van der Waals surface area contributed by atoms with E-state index in [0.29, 0.717) is 25.0 Å². The van der Waals surface area contributed by atoms with Crippen LogP contribution in [0, 0.1) is 26.8 Å². The topological polar surface area (TPSA) is 18.5 Å². The molecule has 2 nitrogen and oxygen atoms in total. The summed E-state index contributed by atoms with van der Waals surface area (Å²) < 4.78 is 69.8. The van der Waals surface area contributed by atoms with Gasteiger partial charge in [-0.2, -0.15) is 8.78 Å². The molecule has 3 aromatic rings. The van der Waals surface area contributed by atoms with E-state index in [1.54, 1.807) is 19.1 Å². The fourth-order valence-electron chi connectivity index (χ4n) is 4.61. The monoisotopic (exact) mass is 624 g/mol. The summed E-state index contributed by atoms with van der Waals surface area (Å²) in [6, 6.07) is 11.8. The number of ether oxygens (including phenoxy) is 2. The summed E-state index contributed by atoms with van der Waals surface area (Å²) in [5.74, 6) is -3.70. The van der Waals surface area contributed by atoms with Crippen LogP contribution in [-0.4, -0.2) is 13.2 Å². The highest BCUT2D eigenvalue weighted by Gasteiger charge is 2.23. The van der Waals surface area contributed by atoms with Crippen LogP contribution in [0.1, 0.15) is 63.0 Å². The zero-order valence-corrected chi connectivity index (χ0v) is 23.0. The molecule has 0 saturated carbocycles. The summed E-state index contributed by atoms with van der Waals surface area (Å²) in [6.07, 6.45) is 5.70. The van der Waals surface area contributed by atoms with Crippen molar-refractivity contribution in [2.45, 2.75) is 51.9 Å². The summed E-state index contributed by atoms with van der Waals surface area (Å²) in [7, 11) is 0. The van der Waals surface area contributed by atoms with Crippen molar-refractivity contribution in [3.63, 3.8) is 0 Å². The van der Waals surface area contributed by atoms with E-state index < -0.39 is 23.3 Å². The largest absolute Gasteiger partial charge is 0.491 e. The van der Waals surface area contributed by atoms with Crippen molar-refractivity contribution in [2.24, 2.45) is 0 Å². The normalized spacial score (nSPS) is 15.4. The lowest BCUT2D eigenvalue weighted by molar-refractivity contribution is 0.288. The maximum absolute atomic E-state index is 14.8. The molecule has 0 bridgehead atoms. The van der Waals surface area contributed by atoms with Crippen molar-refractivity contribution in [3.8, 4) is 22.6 Å². The van der Waals surface area contributed by atoms with Gasteiger partial charge in [0.2, 0.25) is 11.6 Å². The van der Waals surface area contributed by atoms with Crippen molar-refractivity contribution < 1.29 is 27.0 Å². The molecule has 1 aliphatic carbocycles. The molecule has 0 aliphatic heterocycles. The number of hydrogen-bond donors (Lipinski definition) is 0. The quantitative estimate of drug-likeness (QED) is 0.134. The van der Waals surface area contributed by atoms with Gasteiger partial charge in [-0.25, -0.2) is 8.78 Å². The number of unbranched alkanes of at least 4 members (excludes halogenated alkanes) is 1. The molecule has 0 saturated heterocycles. The fraction of sp³-hybridized carbons (Fsp3) is 0.333. The fourth-order valence-corrected chi connectivity index (χ4v) is 5.44. The molecule has 37 heavy (non-hydrogen) atoms. The Balaban J connectivity index is 1.50. The lowest BCUT2D eigenvalue weighted by atomic mass is 9.82. The first-order valence-electron chi connectivity index (χ1n) is 12.6. The van der Waals surface area contributed by atoms with Crippen LogP contribution in [0.25, 0.3) is 16.7 Å². The van der Waals surface area contributed by atoms with Gasteiger partial charge in [0.25, 0.3) is 0 Å². The lowest BCUT2D eigenvalue weighted by Gasteiger charge is -2.24. The van der Waals surface area contributed by atoms with Crippen LogP contribution in [0.5, 0.6) is 11.5 Å². The van der Waals surface area contributed by atoms with Gasteiger partial charge in [0.05, 0.1) is 13.2 Å². The second-order valence-electron chi connectivity index (χ2n) is 9.05. The van der Waals surface area contributed by atoms with Crippen molar-refractivity contribution in [1.82, 2.24) is 0 Å². The second kappa shape index (κ2) is 12.3. The molecule has 0 radical (unpaired) electrons. The molecule has 7 heteroatoms. The number of hydrogen-bond acceptors (Lipinski definition) is 2. The van der Waals surface area contributed by atoms with Crippen LogP contribution in [0.3, 0.4) is 0 Å². The minimum absolute atomic E-state index is 0.0532. The molecular formula is C30H29F4IO2. The Bertz CT molecular complexity index is 1310. The first-order valence-corrected chi connectivity index (χ1v) is 13.6. The van der Waals surface area contributed by atoms with Gasteiger partial charge < -0.3 is 9.47 Å². The molecule has 0 aromatic heterocycles. The van der Waals surface area contributed by atoms with Gasteiger partial charge in [0.15, 0.2) is 23.1 Å². The van der Waals surface area contributed by atoms with Crippen LogP contribution in [0.15, 0.2) is 48.5 Å². The first kappa shape index (κ1) is 27.5. The summed E-state index contributed by atoms with van der Waals surface area (Å²) in [4.78, 5) is 0. The average molecular weight is 624 g/mol. The predicted molar refractivity (Wildman–Crippen MR) is 147 cm³/mol. The maximum Gasteiger partial charge on any atom is 0.201 e. The highest BCUT2D eigenvalue weighted by Crippen LogP contribution is 2.40. The van der Waals surface area contributed by atoms with E-state index in [-0.39, 0.29) is 35.2 Å². The summed E-state index contributed by atoms with van der Waals surface area (Å²) in [6.45, 7) is 4.32. The highest BCUT2D eigenvalue weighted by atomic mass is 127. The Labute approximate surface area is 228 Å². The van der Waals surface area contributed by atoms with Crippen LogP contribution in [-0.2, 0) is 0 Å². The highest BCUT2D eigenvalue weighted by molar-refractivity contribution is 14.1. The molecule has 1 unspecified atom stereocenters. The smallest absolute Gasteiger partial charge is 0.201 e. The van der Waals surface area contributed by atoms with E-state index in [4.69, 9.17) is 9.47 Å². The minimum atomic E-state index is -0.992. The van der Waals surface area contributed by atoms with E-state index in [1.807, 2.05) is 25.1 Å². The summed E-state index contributed by atoms with van der Waals surface area (Å²) in [5, 5.41) is 0. The zero-order valence-electron chi connectivity index (χ0n) is 20.9. The molecule has 0 spiro atoms.